The Bertz CT molecular complexity index is 631. The van der Waals surface area contributed by atoms with Gasteiger partial charge in [0.05, 0.1) is 11.4 Å². The molecule has 20 heavy (non-hydrogen) atoms. The standard InChI is InChI=1S/C18H22N2/c1-13-7-10-18(17(19)11-13)20(2)16-9-8-14-5-3-4-6-15(14)12-16/h7-12H,3-6,19H2,1-2H3. The quantitative estimate of drug-likeness (QED) is 0.824. The van der Waals surface area contributed by atoms with Crippen molar-refractivity contribution in [2.75, 3.05) is 17.7 Å². The van der Waals surface area contributed by atoms with Crippen LogP contribution >= 0.6 is 0 Å². The van der Waals surface area contributed by atoms with Gasteiger partial charge in [0.25, 0.3) is 0 Å². The van der Waals surface area contributed by atoms with E-state index in [-0.39, 0.29) is 0 Å². The van der Waals surface area contributed by atoms with Crippen molar-refractivity contribution in [3.63, 3.8) is 0 Å². The van der Waals surface area contributed by atoms with E-state index in [1.165, 1.54) is 48.1 Å². The molecule has 0 bridgehead atoms. The van der Waals surface area contributed by atoms with Crippen LogP contribution in [0.4, 0.5) is 17.1 Å². The van der Waals surface area contributed by atoms with E-state index >= 15 is 0 Å². The van der Waals surface area contributed by atoms with Crippen LogP contribution in [0.5, 0.6) is 0 Å². The maximum Gasteiger partial charge on any atom is 0.0641 e. The van der Waals surface area contributed by atoms with E-state index in [2.05, 4.69) is 49.2 Å². The van der Waals surface area contributed by atoms with E-state index in [1.807, 2.05) is 6.07 Å². The largest absolute Gasteiger partial charge is 0.397 e. The third kappa shape index (κ3) is 2.38. The summed E-state index contributed by atoms with van der Waals surface area (Å²) in [7, 11) is 2.09. The van der Waals surface area contributed by atoms with Gasteiger partial charge in [-0.1, -0.05) is 12.1 Å². The van der Waals surface area contributed by atoms with Crippen LogP contribution in [0.2, 0.25) is 0 Å². The van der Waals surface area contributed by atoms with Gasteiger partial charge >= 0.3 is 0 Å². The Morgan fingerprint density at radius 2 is 1.70 bits per heavy atom. The molecule has 0 unspecified atom stereocenters. The lowest BCUT2D eigenvalue weighted by atomic mass is 9.91. The number of aryl methyl sites for hydroxylation is 3. The first kappa shape index (κ1) is 13.0. The SMILES string of the molecule is Cc1ccc(N(C)c2ccc3c(c2)CCCC3)c(N)c1. The fourth-order valence-corrected chi connectivity index (χ4v) is 3.05. The van der Waals surface area contributed by atoms with Gasteiger partial charge in [-0.15, -0.1) is 0 Å². The first-order valence-electron chi connectivity index (χ1n) is 7.37. The van der Waals surface area contributed by atoms with E-state index in [1.54, 1.807) is 0 Å². The maximum atomic E-state index is 6.16. The first-order chi connectivity index (χ1) is 9.65. The highest BCUT2D eigenvalue weighted by Gasteiger charge is 2.13. The van der Waals surface area contributed by atoms with Gasteiger partial charge in [-0.25, -0.2) is 0 Å². The highest BCUT2D eigenvalue weighted by Crippen LogP contribution is 2.32. The molecule has 0 aromatic heterocycles. The first-order valence-corrected chi connectivity index (χ1v) is 7.37. The summed E-state index contributed by atoms with van der Waals surface area (Å²) >= 11 is 0. The zero-order valence-corrected chi connectivity index (χ0v) is 12.3. The van der Waals surface area contributed by atoms with Gasteiger partial charge in [0.15, 0.2) is 0 Å². The van der Waals surface area contributed by atoms with E-state index in [4.69, 9.17) is 5.73 Å². The predicted octanol–water partition coefficient (Wildman–Crippen LogP) is 4.22. The molecule has 2 nitrogen and oxygen atoms in total. The van der Waals surface area contributed by atoms with Crippen LogP contribution < -0.4 is 10.6 Å². The lowest BCUT2D eigenvalue weighted by Gasteiger charge is -2.24. The van der Waals surface area contributed by atoms with Crippen molar-refractivity contribution in [3.05, 3.63) is 53.1 Å². The number of anilines is 3. The minimum atomic E-state index is 0.838. The molecule has 1 aliphatic carbocycles. The highest BCUT2D eigenvalue weighted by atomic mass is 15.1. The third-order valence-corrected chi connectivity index (χ3v) is 4.26. The molecule has 3 rings (SSSR count). The molecule has 2 heteroatoms. The Labute approximate surface area is 121 Å². The Morgan fingerprint density at radius 1 is 0.950 bits per heavy atom. The Balaban J connectivity index is 1.95. The van der Waals surface area contributed by atoms with Crippen molar-refractivity contribution in [2.24, 2.45) is 0 Å². The van der Waals surface area contributed by atoms with Crippen molar-refractivity contribution >= 4 is 17.1 Å². The van der Waals surface area contributed by atoms with Crippen LogP contribution in [-0.4, -0.2) is 7.05 Å². The van der Waals surface area contributed by atoms with Gasteiger partial charge in [0, 0.05) is 12.7 Å². The second kappa shape index (κ2) is 5.20. The van der Waals surface area contributed by atoms with Crippen LogP contribution in [0.1, 0.15) is 29.5 Å². The summed E-state index contributed by atoms with van der Waals surface area (Å²) < 4.78 is 0. The summed E-state index contributed by atoms with van der Waals surface area (Å²) in [5.41, 5.74) is 13.5. The van der Waals surface area contributed by atoms with Crippen LogP contribution in [0.25, 0.3) is 0 Å². The smallest absolute Gasteiger partial charge is 0.0641 e. The monoisotopic (exact) mass is 266 g/mol. The molecule has 0 fully saturated rings. The van der Waals surface area contributed by atoms with Crippen molar-refractivity contribution in [1.82, 2.24) is 0 Å². The topological polar surface area (TPSA) is 29.3 Å². The maximum absolute atomic E-state index is 6.16. The Morgan fingerprint density at radius 3 is 2.45 bits per heavy atom. The average Bonchev–Trinajstić information content (AvgIpc) is 2.46. The predicted molar refractivity (Wildman–Crippen MR) is 86.7 cm³/mol. The average molecular weight is 266 g/mol. The number of nitrogen functional groups attached to an aromatic ring is 1. The number of hydrogen-bond donors (Lipinski definition) is 1. The lowest BCUT2D eigenvalue weighted by molar-refractivity contribution is 0.685. The second-order valence-corrected chi connectivity index (χ2v) is 5.78. The number of benzene rings is 2. The summed E-state index contributed by atoms with van der Waals surface area (Å²) in [5, 5.41) is 0. The summed E-state index contributed by atoms with van der Waals surface area (Å²) in [6, 6.07) is 13.1. The molecule has 0 aliphatic heterocycles. The molecule has 0 radical (unpaired) electrons. The molecule has 0 amide bonds. The van der Waals surface area contributed by atoms with Crippen molar-refractivity contribution < 1.29 is 0 Å². The zero-order valence-electron chi connectivity index (χ0n) is 12.3. The van der Waals surface area contributed by atoms with Gasteiger partial charge in [-0.2, -0.15) is 0 Å². The Kier molecular flexibility index (Phi) is 3.39. The number of fused-ring (bicyclic) bond motifs is 1. The molecule has 2 N–H and O–H groups in total. The molecular formula is C18H22N2. The third-order valence-electron chi connectivity index (χ3n) is 4.26. The molecular weight excluding hydrogens is 244 g/mol. The molecule has 0 spiro atoms. The van der Waals surface area contributed by atoms with Crippen molar-refractivity contribution in [2.45, 2.75) is 32.6 Å². The minimum absolute atomic E-state index is 0.838. The summed E-state index contributed by atoms with van der Waals surface area (Å²) in [4.78, 5) is 2.18. The Hall–Kier alpha value is -1.96. The normalized spacial score (nSPS) is 13.9. The molecule has 0 heterocycles. The van der Waals surface area contributed by atoms with Crippen LogP contribution in [0.3, 0.4) is 0 Å². The van der Waals surface area contributed by atoms with E-state index in [0.29, 0.717) is 0 Å². The molecule has 0 atom stereocenters. The molecule has 104 valence electrons. The molecule has 2 aromatic carbocycles. The van der Waals surface area contributed by atoms with Gasteiger partial charge in [-0.05, 0) is 73.6 Å². The fourth-order valence-electron chi connectivity index (χ4n) is 3.05. The molecule has 0 saturated heterocycles. The van der Waals surface area contributed by atoms with Crippen LogP contribution in [-0.2, 0) is 12.8 Å². The number of rotatable bonds is 2. The number of nitrogens with zero attached hydrogens (tertiary/aromatic N) is 1. The van der Waals surface area contributed by atoms with Gasteiger partial charge in [-0.3, -0.25) is 0 Å². The lowest BCUT2D eigenvalue weighted by Crippen LogP contribution is -2.13. The fraction of sp³-hybridized carbons (Fsp3) is 0.333. The summed E-state index contributed by atoms with van der Waals surface area (Å²) in [5.74, 6) is 0. The summed E-state index contributed by atoms with van der Waals surface area (Å²) in [6.45, 7) is 2.07. The summed E-state index contributed by atoms with van der Waals surface area (Å²) in [6.07, 6.45) is 5.08. The van der Waals surface area contributed by atoms with Gasteiger partial charge in [0.1, 0.15) is 0 Å². The molecule has 1 aliphatic rings. The second-order valence-electron chi connectivity index (χ2n) is 5.78. The van der Waals surface area contributed by atoms with Gasteiger partial charge in [0.2, 0.25) is 0 Å². The van der Waals surface area contributed by atoms with Crippen molar-refractivity contribution in [1.29, 1.82) is 0 Å². The van der Waals surface area contributed by atoms with Crippen LogP contribution in [0, 0.1) is 6.92 Å². The van der Waals surface area contributed by atoms with E-state index in [0.717, 1.165) is 11.4 Å². The van der Waals surface area contributed by atoms with Gasteiger partial charge < -0.3 is 10.6 Å². The van der Waals surface area contributed by atoms with E-state index < -0.39 is 0 Å². The van der Waals surface area contributed by atoms with E-state index in [9.17, 15) is 0 Å². The van der Waals surface area contributed by atoms with Crippen LogP contribution in [0.15, 0.2) is 36.4 Å². The van der Waals surface area contributed by atoms with Crippen molar-refractivity contribution in [3.8, 4) is 0 Å². The zero-order chi connectivity index (χ0) is 14.1. The molecule has 2 aromatic rings. The molecule has 0 saturated carbocycles. The highest BCUT2D eigenvalue weighted by molar-refractivity contribution is 5.75. The number of nitrogens with two attached hydrogens (primary N) is 1. The minimum Gasteiger partial charge on any atom is -0.397 e. The number of hydrogen-bond acceptors (Lipinski definition) is 2.